The van der Waals surface area contributed by atoms with E-state index in [9.17, 15) is 19.5 Å². The van der Waals surface area contributed by atoms with Crippen LogP contribution in [0.3, 0.4) is 0 Å². The highest BCUT2D eigenvalue weighted by atomic mass is 16.7. The summed E-state index contributed by atoms with van der Waals surface area (Å²) in [5.74, 6) is -2.41. The molecule has 0 bridgehead atoms. The number of benzene rings is 3. The molecule has 48 heavy (non-hydrogen) atoms. The van der Waals surface area contributed by atoms with Crippen molar-refractivity contribution in [2.75, 3.05) is 19.0 Å². The van der Waals surface area contributed by atoms with Crippen LogP contribution in [0, 0.1) is 23.2 Å². The molecular weight excluding hydrogens is 616 g/mol. The quantitative estimate of drug-likeness (QED) is 0.198. The first-order valence-corrected chi connectivity index (χ1v) is 15.8. The first-order chi connectivity index (χ1) is 23.4. The monoisotopic (exact) mass is 654 g/mol. The number of rotatable bonds is 8. The Labute approximate surface area is 279 Å². The highest BCUT2D eigenvalue weighted by Gasteiger charge is 2.53. The van der Waals surface area contributed by atoms with Crippen molar-refractivity contribution in [1.29, 1.82) is 5.26 Å². The minimum Gasteiger partial charge on any atom is -0.454 e. The van der Waals surface area contributed by atoms with Gasteiger partial charge in [0.05, 0.1) is 30.1 Å². The maximum atomic E-state index is 13.9. The van der Waals surface area contributed by atoms with Crippen molar-refractivity contribution in [3.8, 4) is 6.07 Å². The van der Waals surface area contributed by atoms with E-state index in [1.807, 2.05) is 78.9 Å². The van der Waals surface area contributed by atoms with Crippen LogP contribution in [0.25, 0.3) is 0 Å². The lowest BCUT2D eigenvalue weighted by Crippen LogP contribution is -2.63. The Balaban J connectivity index is 1.48. The van der Waals surface area contributed by atoms with E-state index in [0.717, 1.165) is 11.1 Å². The van der Waals surface area contributed by atoms with Gasteiger partial charge in [0.25, 0.3) is 0 Å². The second-order valence-electron chi connectivity index (χ2n) is 11.7. The lowest BCUT2D eigenvalue weighted by Gasteiger charge is -2.44. The molecule has 0 aliphatic carbocycles. The maximum absolute atomic E-state index is 13.9. The molecule has 3 aromatic carbocycles. The molecule has 0 radical (unpaired) electrons. The van der Waals surface area contributed by atoms with E-state index in [2.05, 4.69) is 5.32 Å². The van der Waals surface area contributed by atoms with Crippen molar-refractivity contribution in [1.82, 2.24) is 0 Å². The molecule has 0 spiro atoms. The standard InChI is InChI=1S/C37H38N2O9/c1-44-36-33-32(31(30(23-40)45-36)48-37(43)39-29-18-16-26(22-38)17-19-29)46-34(41)27(20-24-10-4-2-5-11-24)14-8-9-15-28(35(42)47-33)21-25-12-6-3-7-13-25/h2-13,16-19,27-28,30-33,36,40H,14-15,20-21,23H2,1H3,(H,39,43)/t27-,28-,30-,31+,32+,33-,36+/m1/s1. The molecule has 0 aromatic heterocycles. The molecule has 0 unspecified atom stereocenters. The lowest BCUT2D eigenvalue weighted by molar-refractivity contribution is -0.300. The van der Waals surface area contributed by atoms with Crippen LogP contribution >= 0.6 is 0 Å². The van der Waals surface area contributed by atoms with E-state index in [1.54, 1.807) is 0 Å². The second-order valence-corrected chi connectivity index (χ2v) is 11.7. The molecule has 1 fully saturated rings. The summed E-state index contributed by atoms with van der Waals surface area (Å²) in [6.07, 6.45) is -2.35. The number of hydrogen-bond acceptors (Lipinski definition) is 10. The van der Waals surface area contributed by atoms with Crippen LogP contribution in [0.2, 0.25) is 0 Å². The fraction of sp³-hybridized carbons (Fsp3) is 0.351. The number of fused-ring (bicyclic) bond motifs is 1. The molecule has 250 valence electrons. The summed E-state index contributed by atoms with van der Waals surface area (Å²) in [5.41, 5.74) is 2.60. The van der Waals surface area contributed by atoms with Gasteiger partial charge in [-0.05, 0) is 61.1 Å². The molecule has 2 N–H and O–H groups in total. The van der Waals surface area contributed by atoms with Crippen molar-refractivity contribution in [3.05, 3.63) is 114 Å². The fourth-order valence-electron chi connectivity index (χ4n) is 5.82. The maximum Gasteiger partial charge on any atom is 0.412 e. The van der Waals surface area contributed by atoms with Crippen molar-refractivity contribution in [2.45, 2.75) is 56.4 Å². The van der Waals surface area contributed by atoms with E-state index in [0.29, 0.717) is 36.9 Å². The molecule has 1 amide bonds. The number of carbonyl (C=O) groups is 3. The Bertz CT molecular complexity index is 1590. The molecule has 3 aromatic rings. The zero-order valence-corrected chi connectivity index (χ0v) is 26.5. The third-order valence-electron chi connectivity index (χ3n) is 8.34. The lowest BCUT2D eigenvalue weighted by atomic mass is 9.92. The molecule has 2 aliphatic heterocycles. The number of amides is 1. The number of methoxy groups -OCH3 is 1. The number of aliphatic hydroxyl groups excluding tert-OH is 1. The summed E-state index contributed by atoms with van der Waals surface area (Å²) in [6, 6.07) is 27.2. The zero-order chi connectivity index (χ0) is 33.9. The molecule has 11 heteroatoms. The number of nitrogens with zero attached hydrogens (tertiary/aromatic N) is 1. The van der Waals surface area contributed by atoms with Gasteiger partial charge < -0.3 is 28.8 Å². The van der Waals surface area contributed by atoms with E-state index < -0.39 is 67.2 Å². The summed E-state index contributed by atoms with van der Waals surface area (Å²) in [5, 5.41) is 22.0. The number of hydrogen-bond donors (Lipinski definition) is 2. The van der Waals surface area contributed by atoms with Gasteiger partial charge in [0.15, 0.2) is 24.6 Å². The molecule has 5 rings (SSSR count). The van der Waals surface area contributed by atoms with Crippen LogP contribution in [0.4, 0.5) is 10.5 Å². The van der Waals surface area contributed by atoms with Crippen LogP contribution in [0.5, 0.6) is 0 Å². The molecule has 2 heterocycles. The van der Waals surface area contributed by atoms with E-state index in [-0.39, 0.29) is 0 Å². The van der Waals surface area contributed by atoms with Crippen LogP contribution in [-0.4, -0.2) is 67.6 Å². The number of ether oxygens (including phenoxy) is 5. The third-order valence-corrected chi connectivity index (χ3v) is 8.34. The van der Waals surface area contributed by atoms with Gasteiger partial charge >= 0.3 is 18.0 Å². The normalized spacial score (nSPS) is 26.0. The molecule has 11 nitrogen and oxygen atoms in total. The number of carbonyl (C=O) groups excluding carboxylic acids is 3. The largest absolute Gasteiger partial charge is 0.454 e. The average Bonchev–Trinajstić information content (AvgIpc) is 3.11. The highest BCUT2D eigenvalue weighted by molar-refractivity contribution is 5.85. The minimum absolute atomic E-state index is 0.330. The number of allylic oxidation sites excluding steroid dienone is 2. The molecular formula is C37H38N2O9. The zero-order valence-electron chi connectivity index (χ0n) is 26.5. The summed E-state index contributed by atoms with van der Waals surface area (Å²) >= 11 is 0. The number of anilines is 1. The molecule has 7 atom stereocenters. The second kappa shape index (κ2) is 16.7. The van der Waals surface area contributed by atoms with Gasteiger partial charge in [-0.25, -0.2) is 4.79 Å². The predicted molar refractivity (Wildman–Crippen MR) is 173 cm³/mol. The Morgan fingerprint density at radius 1 is 0.854 bits per heavy atom. The van der Waals surface area contributed by atoms with Gasteiger partial charge in [-0.3, -0.25) is 14.9 Å². The van der Waals surface area contributed by atoms with Gasteiger partial charge in [-0.2, -0.15) is 5.26 Å². The first-order valence-electron chi connectivity index (χ1n) is 15.8. The van der Waals surface area contributed by atoms with E-state index in [4.69, 9.17) is 28.9 Å². The summed E-state index contributed by atoms with van der Waals surface area (Å²) in [6.45, 7) is -0.629. The summed E-state index contributed by atoms with van der Waals surface area (Å²) in [4.78, 5) is 40.9. The van der Waals surface area contributed by atoms with Gasteiger partial charge in [0, 0.05) is 12.8 Å². The van der Waals surface area contributed by atoms with Crippen LogP contribution in [-0.2, 0) is 46.1 Å². The smallest absolute Gasteiger partial charge is 0.412 e. The van der Waals surface area contributed by atoms with Gasteiger partial charge in [0.1, 0.15) is 6.10 Å². The number of nitriles is 1. The Hall–Kier alpha value is -5.02. The average molecular weight is 655 g/mol. The number of aliphatic hydroxyl groups is 1. The first kappa shape index (κ1) is 34.3. The van der Waals surface area contributed by atoms with Crippen LogP contribution in [0.15, 0.2) is 97.1 Å². The molecule has 2 aliphatic rings. The van der Waals surface area contributed by atoms with Crippen LogP contribution < -0.4 is 5.32 Å². The summed E-state index contributed by atoms with van der Waals surface area (Å²) in [7, 11) is 1.34. The fourth-order valence-corrected chi connectivity index (χ4v) is 5.82. The van der Waals surface area contributed by atoms with Crippen LogP contribution in [0.1, 0.15) is 29.5 Å². The minimum atomic E-state index is -1.40. The van der Waals surface area contributed by atoms with E-state index >= 15 is 0 Å². The van der Waals surface area contributed by atoms with Crippen molar-refractivity contribution in [2.24, 2.45) is 11.8 Å². The SMILES string of the molecule is CO[C@H]1O[C@H](CO)[C@H](OC(=O)Nc2ccc(C#N)cc2)[C@@H]2OC(=O)[C@@H](Cc3ccccc3)CC=CC[C@H](Cc3ccccc3)C(=O)O[C@@H]12. The Kier molecular flexibility index (Phi) is 11.9. The van der Waals surface area contributed by atoms with Crippen molar-refractivity contribution >= 4 is 23.7 Å². The van der Waals surface area contributed by atoms with Crippen molar-refractivity contribution < 1.29 is 43.2 Å². The van der Waals surface area contributed by atoms with Gasteiger partial charge in [0.2, 0.25) is 0 Å². The molecule has 0 saturated carbocycles. The molecule has 1 saturated heterocycles. The number of esters is 2. The number of nitrogens with one attached hydrogen (secondary N) is 1. The van der Waals surface area contributed by atoms with Crippen molar-refractivity contribution in [3.63, 3.8) is 0 Å². The third kappa shape index (κ3) is 8.86. The Morgan fingerprint density at radius 3 is 1.90 bits per heavy atom. The predicted octanol–water partition coefficient (Wildman–Crippen LogP) is 4.73. The van der Waals surface area contributed by atoms with E-state index in [1.165, 1.54) is 31.4 Å². The summed E-state index contributed by atoms with van der Waals surface area (Å²) < 4.78 is 29.4. The highest BCUT2D eigenvalue weighted by Crippen LogP contribution is 2.32. The van der Waals surface area contributed by atoms with Gasteiger partial charge in [-0.15, -0.1) is 0 Å². The van der Waals surface area contributed by atoms with Gasteiger partial charge in [-0.1, -0.05) is 72.8 Å². The Morgan fingerprint density at radius 2 is 1.40 bits per heavy atom. The topological polar surface area (TPSA) is 153 Å².